The number of carbonyl (C=O) groups is 1. The molecule has 0 aliphatic heterocycles. The summed E-state index contributed by atoms with van der Waals surface area (Å²) in [5, 5.41) is 12.1. The standard InChI is InChI=1S/C17H21FN2O3/c1-9(2)4-12(8-21)20-17(23)14-7-19-15-10(3)5-11(18)6-13(15)16(14)22/h5-7,9,12,21H,4,8H2,1-3H3,(H,19,22)(H,20,23). The van der Waals surface area contributed by atoms with E-state index in [4.69, 9.17) is 0 Å². The number of halogens is 1. The van der Waals surface area contributed by atoms with Crippen LogP contribution in [0.4, 0.5) is 4.39 Å². The van der Waals surface area contributed by atoms with E-state index in [1.54, 1.807) is 6.92 Å². The molecular weight excluding hydrogens is 299 g/mol. The fourth-order valence-corrected chi connectivity index (χ4v) is 2.65. The molecule has 6 heteroatoms. The van der Waals surface area contributed by atoms with E-state index in [0.29, 0.717) is 23.4 Å². The maximum Gasteiger partial charge on any atom is 0.257 e. The van der Waals surface area contributed by atoms with Gasteiger partial charge in [-0.2, -0.15) is 0 Å². The van der Waals surface area contributed by atoms with E-state index >= 15 is 0 Å². The Morgan fingerprint density at radius 2 is 2.09 bits per heavy atom. The highest BCUT2D eigenvalue weighted by atomic mass is 19.1. The van der Waals surface area contributed by atoms with Crippen LogP contribution in [0.2, 0.25) is 0 Å². The number of hydrogen-bond donors (Lipinski definition) is 3. The molecule has 0 aliphatic carbocycles. The van der Waals surface area contributed by atoms with Crippen LogP contribution in [0.5, 0.6) is 0 Å². The molecule has 1 heterocycles. The van der Waals surface area contributed by atoms with Crippen molar-refractivity contribution in [2.45, 2.75) is 33.2 Å². The van der Waals surface area contributed by atoms with Gasteiger partial charge in [-0.25, -0.2) is 4.39 Å². The SMILES string of the molecule is Cc1cc(F)cc2c(=O)c(C(=O)NC(CO)CC(C)C)c[nH]c12. The fraction of sp³-hybridized carbons (Fsp3) is 0.412. The minimum atomic E-state index is -0.574. The Bertz CT molecular complexity index is 783. The van der Waals surface area contributed by atoms with Gasteiger partial charge in [-0.1, -0.05) is 13.8 Å². The Kier molecular flexibility index (Phi) is 5.15. The minimum Gasteiger partial charge on any atom is -0.394 e. The lowest BCUT2D eigenvalue weighted by molar-refractivity contribution is 0.0907. The summed E-state index contributed by atoms with van der Waals surface area (Å²) >= 11 is 0. The molecule has 1 unspecified atom stereocenters. The molecular formula is C17H21FN2O3. The van der Waals surface area contributed by atoms with Gasteiger partial charge < -0.3 is 15.4 Å². The third-order valence-corrected chi connectivity index (χ3v) is 3.71. The number of carbonyl (C=O) groups excluding carboxylic acids is 1. The first-order valence-corrected chi connectivity index (χ1v) is 7.56. The number of aromatic nitrogens is 1. The summed E-state index contributed by atoms with van der Waals surface area (Å²) in [6.07, 6.45) is 1.93. The molecule has 1 amide bonds. The van der Waals surface area contributed by atoms with E-state index in [1.807, 2.05) is 13.8 Å². The van der Waals surface area contributed by atoms with Crippen LogP contribution >= 0.6 is 0 Å². The molecule has 2 rings (SSSR count). The van der Waals surface area contributed by atoms with Gasteiger partial charge in [-0.05, 0) is 37.0 Å². The maximum absolute atomic E-state index is 13.5. The molecule has 3 N–H and O–H groups in total. The number of rotatable bonds is 5. The largest absolute Gasteiger partial charge is 0.394 e. The minimum absolute atomic E-state index is 0.0929. The van der Waals surface area contributed by atoms with Crippen LogP contribution in [0.3, 0.4) is 0 Å². The summed E-state index contributed by atoms with van der Waals surface area (Å²) in [5.74, 6) is -0.806. The highest BCUT2D eigenvalue weighted by Gasteiger charge is 2.18. The van der Waals surface area contributed by atoms with Crippen molar-refractivity contribution in [2.24, 2.45) is 5.92 Å². The van der Waals surface area contributed by atoms with Gasteiger partial charge in [-0.3, -0.25) is 9.59 Å². The van der Waals surface area contributed by atoms with E-state index in [9.17, 15) is 19.1 Å². The molecule has 1 aromatic carbocycles. The molecule has 0 saturated heterocycles. The van der Waals surface area contributed by atoms with Crippen LogP contribution in [0.25, 0.3) is 10.9 Å². The van der Waals surface area contributed by atoms with E-state index in [1.165, 1.54) is 12.3 Å². The van der Waals surface area contributed by atoms with Crippen LogP contribution in [-0.4, -0.2) is 28.6 Å². The Morgan fingerprint density at radius 3 is 2.70 bits per heavy atom. The fourth-order valence-electron chi connectivity index (χ4n) is 2.65. The molecule has 124 valence electrons. The first-order chi connectivity index (χ1) is 10.8. The molecule has 1 atom stereocenters. The molecule has 2 aromatic rings. The van der Waals surface area contributed by atoms with Gasteiger partial charge in [0, 0.05) is 11.6 Å². The van der Waals surface area contributed by atoms with Crippen molar-refractivity contribution in [2.75, 3.05) is 6.61 Å². The van der Waals surface area contributed by atoms with Gasteiger partial charge in [0.1, 0.15) is 11.4 Å². The second kappa shape index (κ2) is 6.91. The van der Waals surface area contributed by atoms with Crippen LogP contribution in [0.1, 0.15) is 36.2 Å². The second-order valence-corrected chi connectivity index (χ2v) is 6.16. The molecule has 0 spiro atoms. The van der Waals surface area contributed by atoms with E-state index < -0.39 is 23.2 Å². The Hall–Kier alpha value is -2.21. The van der Waals surface area contributed by atoms with Gasteiger partial charge in [0.2, 0.25) is 5.43 Å². The lowest BCUT2D eigenvalue weighted by atomic mass is 10.0. The first-order valence-electron chi connectivity index (χ1n) is 7.56. The van der Waals surface area contributed by atoms with Crippen molar-refractivity contribution in [3.63, 3.8) is 0 Å². The van der Waals surface area contributed by atoms with Gasteiger partial charge >= 0.3 is 0 Å². The summed E-state index contributed by atoms with van der Waals surface area (Å²) in [5.41, 5.74) is 0.482. The number of amides is 1. The topological polar surface area (TPSA) is 82.2 Å². The van der Waals surface area contributed by atoms with Crippen molar-refractivity contribution in [1.82, 2.24) is 10.3 Å². The van der Waals surface area contributed by atoms with Gasteiger partial charge in [0.25, 0.3) is 5.91 Å². The lowest BCUT2D eigenvalue weighted by Crippen LogP contribution is -2.40. The van der Waals surface area contributed by atoms with Gasteiger partial charge in [0.05, 0.1) is 18.2 Å². The highest BCUT2D eigenvalue weighted by Crippen LogP contribution is 2.15. The number of aliphatic hydroxyl groups excluding tert-OH is 1. The van der Waals surface area contributed by atoms with Crippen molar-refractivity contribution in [3.05, 3.63) is 45.5 Å². The lowest BCUT2D eigenvalue weighted by Gasteiger charge is -2.18. The zero-order chi connectivity index (χ0) is 17.1. The Balaban J connectivity index is 2.38. The molecule has 0 radical (unpaired) electrons. The summed E-state index contributed by atoms with van der Waals surface area (Å²) in [6, 6.07) is 2.02. The maximum atomic E-state index is 13.5. The molecule has 0 saturated carbocycles. The summed E-state index contributed by atoms with van der Waals surface area (Å²) in [4.78, 5) is 27.6. The monoisotopic (exact) mass is 320 g/mol. The summed E-state index contributed by atoms with van der Waals surface area (Å²) < 4.78 is 13.5. The number of aryl methyl sites for hydroxylation is 1. The molecule has 0 bridgehead atoms. The molecule has 0 fully saturated rings. The number of aliphatic hydroxyl groups is 1. The van der Waals surface area contributed by atoms with Gasteiger partial charge in [0.15, 0.2) is 0 Å². The Labute approximate surface area is 133 Å². The normalized spacial score (nSPS) is 12.6. The first kappa shape index (κ1) is 17.1. The second-order valence-electron chi connectivity index (χ2n) is 6.16. The highest BCUT2D eigenvalue weighted by molar-refractivity contribution is 5.97. The van der Waals surface area contributed by atoms with Crippen LogP contribution in [0.15, 0.2) is 23.1 Å². The van der Waals surface area contributed by atoms with Crippen molar-refractivity contribution < 1.29 is 14.3 Å². The number of hydrogen-bond acceptors (Lipinski definition) is 3. The average Bonchev–Trinajstić information content (AvgIpc) is 2.47. The number of H-pyrrole nitrogens is 1. The Morgan fingerprint density at radius 1 is 1.39 bits per heavy atom. The van der Waals surface area contributed by atoms with Crippen molar-refractivity contribution in [1.29, 1.82) is 0 Å². The summed E-state index contributed by atoms with van der Waals surface area (Å²) in [6.45, 7) is 5.43. The quantitative estimate of drug-likeness (QED) is 0.789. The van der Waals surface area contributed by atoms with E-state index in [0.717, 1.165) is 6.07 Å². The smallest absolute Gasteiger partial charge is 0.257 e. The third-order valence-electron chi connectivity index (χ3n) is 3.71. The van der Waals surface area contributed by atoms with Crippen LogP contribution in [-0.2, 0) is 0 Å². The predicted molar refractivity (Wildman–Crippen MR) is 87.1 cm³/mol. The van der Waals surface area contributed by atoms with Crippen molar-refractivity contribution >= 4 is 16.8 Å². The number of pyridine rings is 1. The van der Waals surface area contributed by atoms with E-state index in [2.05, 4.69) is 10.3 Å². The number of nitrogens with one attached hydrogen (secondary N) is 2. The van der Waals surface area contributed by atoms with Crippen molar-refractivity contribution in [3.8, 4) is 0 Å². The van der Waals surface area contributed by atoms with E-state index in [-0.39, 0.29) is 17.6 Å². The predicted octanol–water partition coefficient (Wildman–Crippen LogP) is 2.11. The van der Waals surface area contributed by atoms with Crippen LogP contribution < -0.4 is 10.7 Å². The number of fused-ring (bicyclic) bond motifs is 1. The van der Waals surface area contributed by atoms with Crippen LogP contribution in [0, 0.1) is 18.7 Å². The zero-order valence-corrected chi connectivity index (χ0v) is 13.4. The number of benzene rings is 1. The molecule has 0 aliphatic rings. The third kappa shape index (κ3) is 3.76. The van der Waals surface area contributed by atoms with Gasteiger partial charge in [-0.15, -0.1) is 0 Å². The average molecular weight is 320 g/mol. The molecule has 23 heavy (non-hydrogen) atoms. The molecule has 1 aromatic heterocycles. The zero-order valence-electron chi connectivity index (χ0n) is 13.4. The number of aromatic amines is 1. The molecule has 5 nitrogen and oxygen atoms in total. The summed E-state index contributed by atoms with van der Waals surface area (Å²) in [7, 11) is 0.